The van der Waals surface area contributed by atoms with E-state index in [0.29, 0.717) is 0 Å². The fourth-order valence-corrected chi connectivity index (χ4v) is 2.62. The molecule has 1 saturated carbocycles. The van der Waals surface area contributed by atoms with Crippen molar-refractivity contribution in [2.45, 2.75) is 71.9 Å². The predicted octanol–water partition coefficient (Wildman–Crippen LogP) is 2.71. The van der Waals surface area contributed by atoms with Gasteiger partial charge < -0.3 is 10.6 Å². The van der Waals surface area contributed by atoms with Crippen LogP contribution in [0.5, 0.6) is 0 Å². The van der Waals surface area contributed by atoms with Crippen molar-refractivity contribution < 1.29 is 4.79 Å². The van der Waals surface area contributed by atoms with E-state index in [-0.39, 0.29) is 18.0 Å². The first-order valence-corrected chi connectivity index (χ1v) is 7.52. The minimum atomic E-state index is -0.0742. The predicted molar refractivity (Wildman–Crippen MR) is 76.5 cm³/mol. The molecule has 1 aliphatic carbocycles. The van der Waals surface area contributed by atoms with Gasteiger partial charge in [-0.2, -0.15) is 0 Å². The van der Waals surface area contributed by atoms with Crippen LogP contribution in [0.25, 0.3) is 0 Å². The second kappa shape index (κ2) is 7.78. The molecule has 0 spiro atoms. The molecule has 1 rings (SSSR count). The van der Waals surface area contributed by atoms with E-state index in [2.05, 4.69) is 17.6 Å². The Labute approximate surface area is 112 Å². The van der Waals surface area contributed by atoms with Gasteiger partial charge in [0.15, 0.2) is 0 Å². The zero-order valence-corrected chi connectivity index (χ0v) is 12.5. The molecule has 1 fully saturated rings. The number of carbonyl (C=O) groups is 1. The van der Waals surface area contributed by atoms with E-state index in [4.69, 9.17) is 0 Å². The maximum absolute atomic E-state index is 11.7. The van der Waals surface area contributed by atoms with E-state index in [1.165, 1.54) is 32.1 Å². The molecule has 1 atom stereocenters. The molecule has 106 valence electrons. The summed E-state index contributed by atoms with van der Waals surface area (Å²) in [7, 11) is 0. The largest absolute Gasteiger partial charge is 0.353 e. The quantitative estimate of drug-likeness (QED) is 0.765. The van der Waals surface area contributed by atoms with Crippen LogP contribution in [0.1, 0.15) is 59.8 Å². The first kappa shape index (κ1) is 15.5. The number of amides is 1. The highest BCUT2D eigenvalue weighted by Gasteiger charge is 2.18. The Kier molecular flexibility index (Phi) is 6.69. The molecule has 3 heteroatoms. The zero-order chi connectivity index (χ0) is 13.5. The molecule has 3 nitrogen and oxygen atoms in total. The molecule has 0 bridgehead atoms. The monoisotopic (exact) mass is 254 g/mol. The van der Waals surface area contributed by atoms with Gasteiger partial charge in [0.05, 0.1) is 6.04 Å². The van der Waals surface area contributed by atoms with Crippen LogP contribution in [0.15, 0.2) is 0 Å². The first-order valence-electron chi connectivity index (χ1n) is 7.52. The fourth-order valence-electron chi connectivity index (χ4n) is 2.62. The number of hydrogen-bond acceptors (Lipinski definition) is 2. The summed E-state index contributed by atoms with van der Waals surface area (Å²) in [6.07, 6.45) is 6.72. The highest BCUT2D eigenvalue weighted by molar-refractivity contribution is 5.81. The van der Waals surface area contributed by atoms with Gasteiger partial charge >= 0.3 is 0 Å². The van der Waals surface area contributed by atoms with Crippen molar-refractivity contribution in [2.24, 2.45) is 11.8 Å². The molecule has 0 aliphatic heterocycles. The minimum absolute atomic E-state index is 0.0742. The molecule has 0 radical (unpaired) electrons. The van der Waals surface area contributed by atoms with Gasteiger partial charge in [0.1, 0.15) is 0 Å². The van der Waals surface area contributed by atoms with Crippen LogP contribution in [0, 0.1) is 11.8 Å². The molecule has 0 aromatic heterocycles. The van der Waals surface area contributed by atoms with E-state index in [0.717, 1.165) is 18.4 Å². The van der Waals surface area contributed by atoms with E-state index < -0.39 is 0 Å². The number of carbonyl (C=O) groups excluding carboxylic acids is 1. The summed E-state index contributed by atoms with van der Waals surface area (Å²) in [5.41, 5.74) is 0. The first-order chi connectivity index (χ1) is 8.49. The van der Waals surface area contributed by atoms with Gasteiger partial charge in [-0.1, -0.05) is 32.6 Å². The lowest BCUT2D eigenvalue weighted by Crippen LogP contribution is -2.45. The molecule has 0 heterocycles. The fraction of sp³-hybridized carbons (Fsp3) is 0.933. The Morgan fingerprint density at radius 2 is 1.78 bits per heavy atom. The third-order valence-corrected chi connectivity index (χ3v) is 3.96. The molecule has 0 aromatic carbocycles. The van der Waals surface area contributed by atoms with Crippen molar-refractivity contribution in [3.63, 3.8) is 0 Å². The SMILES string of the molecule is CC1CCC(CCNC(C)C(=O)NC(C)C)CC1. The summed E-state index contributed by atoms with van der Waals surface area (Å²) < 4.78 is 0. The second-order valence-corrected chi connectivity index (χ2v) is 6.25. The summed E-state index contributed by atoms with van der Waals surface area (Å²) in [6.45, 7) is 9.25. The summed E-state index contributed by atoms with van der Waals surface area (Å²) in [5.74, 6) is 1.90. The third-order valence-electron chi connectivity index (χ3n) is 3.96. The van der Waals surface area contributed by atoms with Crippen LogP contribution in [0.3, 0.4) is 0 Å². The molecule has 1 unspecified atom stereocenters. The molecule has 18 heavy (non-hydrogen) atoms. The Hall–Kier alpha value is -0.570. The van der Waals surface area contributed by atoms with Gasteiger partial charge in [-0.3, -0.25) is 4.79 Å². The van der Waals surface area contributed by atoms with Crippen LogP contribution in [0.4, 0.5) is 0 Å². The van der Waals surface area contributed by atoms with Crippen molar-refractivity contribution in [3.05, 3.63) is 0 Å². The lowest BCUT2D eigenvalue weighted by Gasteiger charge is -2.26. The maximum atomic E-state index is 11.7. The van der Waals surface area contributed by atoms with Crippen molar-refractivity contribution >= 4 is 5.91 Å². The Morgan fingerprint density at radius 1 is 1.17 bits per heavy atom. The van der Waals surface area contributed by atoms with Gasteiger partial charge in [0, 0.05) is 6.04 Å². The minimum Gasteiger partial charge on any atom is -0.353 e. The van der Waals surface area contributed by atoms with Crippen LogP contribution in [-0.2, 0) is 4.79 Å². The van der Waals surface area contributed by atoms with Crippen molar-refractivity contribution in [3.8, 4) is 0 Å². The van der Waals surface area contributed by atoms with Crippen LogP contribution in [-0.4, -0.2) is 24.5 Å². The summed E-state index contributed by atoms with van der Waals surface area (Å²) in [6, 6.07) is 0.150. The standard InChI is InChI=1S/C15H30N2O/c1-11(2)17-15(18)13(4)16-10-9-14-7-5-12(3)6-8-14/h11-14,16H,5-10H2,1-4H3,(H,17,18). The number of rotatable bonds is 6. The van der Waals surface area contributed by atoms with Crippen LogP contribution < -0.4 is 10.6 Å². The second-order valence-electron chi connectivity index (χ2n) is 6.25. The third kappa shape index (κ3) is 5.85. The van der Waals surface area contributed by atoms with Gasteiger partial charge in [0.25, 0.3) is 0 Å². The van der Waals surface area contributed by atoms with Crippen molar-refractivity contribution in [1.82, 2.24) is 10.6 Å². The smallest absolute Gasteiger partial charge is 0.237 e. The van der Waals surface area contributed by atoms with E-state index in [1.54, 1.807) is 0 Å². The molecule has 0 aromatic rings. The maximum Gasteiger partial charge on any atom is 0.237 e. The van der Waals surface area contributed by atoms with Gasteiger partial charge in [-0.05, 0) is 45.6 Å². The lowest BCUT2D eigenvalue weighted by molar-refractivity contribution is -0.123. The van der Waals surface area contributed by atoms with Crippen LogP contribution >= 0.6 is 0 Å². The van der Waals surface area contributed by atoms with E-state index in [9.17, 15) is 4.79 Å². The molecular formula is C15H30N2O. The van der Waals surface area contributed by atoms with Crippen molar-refractivity contribution in [1.29, 1.82) is 0 Å². The highest BCUT2D eigenvalue weighted by Crippen LogP contribution is 2.29. The molecule has 1 amide bonds. The zero-order valence-electron chi connectivity index (χ0n) is 12.5. The lowest BCUT2D eigenvalue weighted by atomic mass is 9.81. The topological polar surface area (TPSA) is 41.1 Å². The Bertz CT molecular complexity index is 245. The summed E-state index contributed by atoms with van der Waals surface area (Å²) in [5, 5.41) is 6.27. The average molecular weight is 254 g/mol. The molecule has 1 aliphatic rings. The summed E-state index contributed by atoms with van der Waals surface area (Å²) in [4.78, 5) is 11.7. The molecule has 0 saturated heterocycles. The van der Waals surface area contributed by atoms with Gasteiger partial charge in [-0.15, -0.1) is 0 Å². The van der Waals surface area contributed by atoms with Crippen LogP contribution in [0.2, 0.25) is 0 Å². The average Bonchev–Trinajstić information content (AvgIpc) is 2.30. The molecule has 2 N–H and O–H groups in total. The summed E-state index contributed by atoms with van der Waals surface area (Å²) >= 11 is 0. The number of hydrogen-bond donors (Lipinski definition) is 2. The Balaban J connectivity index is 2.11. The normalized spacial score (nSPS) is 26.1. The van der Waals surface area contributed by atoms with Gasteiger partial charge in [0.2, 0.25) is 5.91 Å². The highest BCUT2D eigenvalue weighted by atomic mass is 16.2. The van der Waals surface area contributed by atoms with E-state index >= 15 is 0 Å². The van der Waals surface area contributed by atoms with Crippen molar-refractivity contribution in [2.75, 3.05) is 6.54 Å². The van der Waals surface area contributed by atoms with E-state index in [1.807, 2.05) is 20.8 Å². The molecular weight excluding hydrogens is 224 g/mol. The number of nitrogens with one attached hydrogen (secondary N) is 2. The van der Waals surface area contributed by atoms with Gasteiger partial charge in [-0.25, -0.2) is 0 Å². The Morgan fingerprint density at radius 3 is 2.33 bits per heavy atom.